The predicted molar refractivity (Wildman–Crippen MR) is 102 cm³/mol. The van der Waals surface area contributed by atoms with Gasteiger partial charge in [0.2, 0.25) is 0 Å². The van der Waals surface area contributed by atoms with Gasteiger partial charge in [-0.1, -0.05) is 12.1 Å². The van der Waals surface area contributed by atoms with Gasteiger partial charge in [-0.15, -0.1) is 0 Å². The van der Waals surface area contributed by atoms with Crippen LogP contribution in [0.2, 0.25) is 0 Å². The number of nitro benzene ring substituents is 1. The first-order valence-corrected chi connectivity index (χ1v) is 8.67. The van der Waals surface area contributed by atoms with Crippen LogP contribution < -0.4 is 4.74 Å². The molecular weight excluding hydrogens is 380 g/mol. The van der Waals surface area contributed by atoms with Gasteiger partial charge in [-0.3, -0.25) is 19.7 Å². The summed E-state index contributed by atoms with van der Waals surface area (Å²) in [5.74, 6) is -1.86. The fraction of sp³-hybridized carbons (Fsp3) is 0.200. The molecule has 2 N–H and O–H groups in total. The SMILES string of the molecule is COc1ccc(C(O)=C2C(=O)C(=O)N(CCO)[C@@H]2c2ccccc2[N+](=O)[O-])cc1. The molecule has 0 bridgehead atoms. The van der Waals surface area contributed by atoms with E-state index in [1.165, 1.54) is 43.5 Å². The lowest BCUT2D eigenvalue weighted by Gasteiger charge is -2.24. The molecule has 0 spiro atoms. The minimum atomic E-state index is -1.20. The summed E-state index contributed by atoms with van der Waals surface area (Å²) in [7, 11) is 1.48. The topological polar surface area (TPSA) is 130 Å². The lowest BCUT2D eigenvalue weighted by atomic mass is 9.94. The molecule has 9 nitrogen and oxygen atoms in total. The van der Waals surface area contributed by atoms with E-state index in [1.54, 1.807) is 12.1 Å². The van der Waals surface area contributed by atoms with E-state index in [9.17, 15) is 29.9 Å². The maximum absolute atomic E-state index is 12.7. The van der Waals surface area contributed by atoms with Gasteiger partial charge in [-0.2, -0.15) is 0 Å². The van der Waals surface area contributed by atoms with Crippen LogP contribution in [0.5, 0.6) is 5.75 Å². The Morgan fingerprint density at radius 3 is 2.41 bits per heavy atom. The molecule has 0 saturated carbocycles. The van der Waals surface area contributed by atoms with Crippen molar-refractivity contribution in [2.45, 2.75) is 6.04 Å². The number of amides is 1. The summed E-state index contributed by atoms with van der Waals surface area (Å²) in [6.45, 7) is -0.673. The number of hydrogen-bond acceptors (Lipinski definition) is 7. The van der Waals surface area contributed by atoms with Gasteiger partial charge >= 0.3 is 0 Å². The Labute approximate surface area is 165 Å². The second-order valence-corrected chi connectivity index (χ2v) is 6.26. The quantitative estimate of drug-likeness (QED) is 0.250. The minimum Gasteiger partial charge on any atom is -0.507 e. The monoisotopic (exact) mass is 398 g/mol. The number of rotatable bonds is 6. The summed E-state index contributed by atoms with van der Waals surface area (Å²) in [6.07, 6.45) is 0. The molecule has 2 aromatic carbocycles. The minimum absolute atomic E-state index is 0.0696. The van der Waals surface area contributed by atoms with Crippen molar-refractivity contribution in [1.82, 2.24) is 4.90 Å². The number of β-amino-alcohol motifs (C(OH)–C–C–N with tert-alkyl or cyclic N) is 1. The number of aliphatic hydroxyl groups is 2. The summed E-state index contributed by atoms with van der Waals surface area (Å²) in [6, 6.07) is 10.6. The maximum atomic E-state index is 12.7. The van der Waals surface area contributed by atoms with Gasteiger partial charge in [0.1, 0.15) is 11.5 Å². The fourth-order valence-electron chi connectivity index (χ4n) is 3.33. The highest BCUT2D eigenvalue weighted by atomic mass is 16.6. The molecule has 0 aromatic heterocycles. The van der Waals surface area contributed by atoms with Crippen molar-refractivity contribution in [1.29, 1.82) is 0 Å². The van der Waals surface area contributed by atoms with Crippen molar-refractivity contribution in [2.75, 3.05) is 20.3 Å². The van der Waals surface area contributed by atoms with E-state index >= 15 is 0 Å². The second kappa shape index (κ2) is 8.11. The lowest BCUT2D eigenvalue weighted by molar-refractivity contribution is -0.385. The van der Waals surface area contributed by atoms with E-state index in [0.717, 1.165) is 4.90 Å². The predicted octanol–water partition coefficient (Wildman–Crippen LogP) is 2.02. The average molecular weight is 398 g/mol. The zero-order valence-corrected chi connectivity index (χ0v) is 15.4. The molecular formula is C20H18N2O7. The molecule has 1 aliphatic heterocycles. The highest BCUT2D eigenvalue weighted by molar-refractivity contribution is 6.46. The number of aliphatic hydroxyl groups excluding tert-OH is 2. The number of hydrogen-bond donors (Lipinski definition) is 2. The number of ketones is 1. The van der Waals surface area contributed by atoms with E-state index in [1.807, 2.05) is 0 Å². The first kappa shape index (κ1) is 20.0. The number of nitrogens with zero attached hydrogens (tertiary/aromatic N) is 2. The Bertz CT molecular complexity index is 998. The number of carbonyl (C=O) groups is 2. The van der Waals surface area contributed by atoms with Crippen molar-refractivity contribution < 1.29 is 29.5 Å². The number of methoxy groups -OCH3 is 1. The third kappa shape index (κ3) is 3.55. The Hall–Kier alpha value is -3.72. The fourth-order valence-corrected chi connectivity index (χ4v) is 3.33. The number of carbonyl (C=O) groups excluding carboxylic acids is 2. The first-order valence-electron chi connectivity index (χ1n) is 8.67. The lowest BCUT2D eigenvalue weighted by Crippen LogP contribution is -2.32. The van der Waals surface area contributed by atoms with Crippen LogP contribution in [0, 0.1) is 10.1 Å². The van der Waals surface area contributed by atoms with E-state index in [2.05, 4.69) is 0 Å². The van der Waals surface area contributed by atoms with Gasteiger partial charge in [-0.05, 0) is 30.3 Å². The number of likely N-dealkylation sites (tertiary alicyclic amines) is 1. The molecule has 1 heterocycles. The maximum Gasteiger partial charge on any atom is 0.295 e. The van der Waals surface area contributed by atoms with Crippen LogP contribution >= 0.6 is 0 Å². The summed E-state index contributed by atoms with van der Waals surface area (Å²) >= 11 is 0. The second-order valence-electron chi connectivity index (χ2n) is 6.26. The third-order valence-electron chi connectivity index (χ3n) is 4.67. The van der Waals surface area contributed by atoms with E-state index in [-0.39, 0.29) is 28.9 Å². The van der Waals surface area contributed by atoms with Gasteiger partial charge in [0.15, 0.2) is 0 Å². The highest BCUT2D eigenvalue weighted by Gasteiger charge is 2.47. The van der Waals surface area contributed by atoms with Crippen molar-refractivity contribution in [3.05, 3.63) is 75.3 Å². The molecule has 150 valence electrons. The summed E-state index contributed by atoms with van der Waals surface area (Å²) < 4.78 is 5.06. The van der Waals surface area contributed by atoms with Crippen LogP contribution in [0.15, 0.2) is 54.1 Å². The molecule has 1 saturated heterocycles. The molecule has 3 rings (SSSR count). The van der Waals surface area contributed by atoms with Gasteiger partial charge in [-0.25, -0.2) is 0 Å². The zero-order valence-electron chi connectivity index (χ0n) is 15.4. The van der Waals surface area contributed by atoms with Crippen LogP contribution in [-0.2, 0) is 9.59 Å². The van der Waals surface area contributed by atoms with E-state index in [0.29, 0.717) is 5.75 Å². The molecule has 29 heavy (non-hydrogen) atoms. The Balaban J connectivity index is 2.23. The Kier molecular flexibility index (Phi) is 5.60. The van der Waals surface area contributed by atoms with E-state index in [4.69, 9.17) is 4.74 Å². The van der Waals surface area contributed by atoms with Crippen molar-refractivity contribution in [3.63, 3.8) is 0 Å². The number of nitro groups is 1. The van der Waals surface area contributed by atoms with Crippen LogP contribution in [0.25, 0.3) is 5.76 Å². The molecule has 0 aliphatic carbocycles. The van der Waals surface area contributed by atoms with Crippen LogP contribution in [0.3, 0.4) is 0 Å². The van der Waals surface area contributed by atoms with E-state index < -0.39 is 35.0 Å². The summed E-state index contributed by atoms with van der Waals surface area (Å²) in [5, 5.41) is 31.7. The number of para-hydroxylation sites is 1. The third-order valence-corrected chi connectivity index (χ3v) is 4.67. The first-order chi connectivity index (χ1) is 13.9. The van der Waals surface area contributed by atoms with Crippen molar-refractivity contribution >= 4 is 23.1 Å². The molecule has 1 amide bonds. The standard InChI is InChI=1S/C20H18N2O7/c1-29-13-8-6-12(7-9-13)18(24)16-17(21(10-11-23)20(26)19(16)25)14-4-2-3-5-15(14)22(27)28/h2-9,17,23-24H,10-11H2,1H3/t17-/m1/s1. The number of Topliss-reactive ketones (excluding diaryl/α,β-unsaturated/α-hetero) is 1. The van der Waals surface area contributed by atoms with Gasteiger partial charge in [0, 0.05) is 18.2 Å². The van der Waals surface area contributed by atoms with Crippen molar-refractivity contribution in [2.24, 2.45) is 0 Å². The Morgan fingerprint density at radius 1 is 1.17 bits per heavy atom. The van der Waals surface area contributed by atoms with Crippen LogP contribution in [0.4, 0.5) is 5.69 Å². The number of benzene rings is 2. The van der Waals surface area contributed by atoms with Gasteiger partial charge in [0.05, 0.1) is 35.8 Å². The van der Waals surface area contributed by atoms with Gasteiger partial charge in [0.25, 0.3) is 17.4 Å². The molecule has 1 fully saturated rings. The molecule has 1 aliphatic rings. The smallest absolute Gasteiger partial charge is 0.295 e. The largest absolute Gasteiger partial charge is 0.507 e. The Morgan fingerprint density at radius 2 is 1.83 bits per heavy atom. The van der Waals surface area contributed by atoms with Gasteiger partial charge < -0.3 is 19.8 Å². The zero-order chi connectivity index (χ0) is 21.1. The molecule has 1 atom stereocenters. The highest BCUT2D eigenvalue weighted by Crippen LogP contribution is 2.42. The summed E-state index contributed by atoms with van der Waals surface area (Å²) in [4.78, 5) is 37.1. The van der Waals surface area contributed by atoms with Crippen LogP contribution in [-0.4, -0.2) is 52.0 Å². The molecule has 0 unspecified atom stereocenters. The van der Waals surface area contributed by atoms with Crippen molar-refractivity contribution in [3.8, 4) is 5.75 Å². The summed E-state index contributed by atoms with van der Waals surface area (Å²) in [5.41, 5.74) is -0.262. The number of ether oxygens (including phenoxy) is 1. The molecule has 0 radical (unpaired) electrons. The van der Waals surface area contributed by atoms with Crippen LogP contribution in [0.1, 0.15) is 17.2 Å². The average Bonchev–Trinajstić information content (AvgIpc) is 2.98. The normalized spacial score (nSPS) is 18.1. The molecule has 2 aromatic rings. The molecule has 9 heteroatoms.